The van der Waals surface area contributed by atoms with Crippen molar-refractivity contribution < 1.29 is 9.59 Å². The highest BCUT2D eigenvalue weighted by molar-refractivity contribution is 5.88. The Kier molecular flexibility index (Phi) is 7.60. The van der Waals surface area contributed by atoms with Crippen molar-refractivity contribution in [1.82, 2.24) is 15.5 Å². The molecule has 1 aromatic carbocycles. The molecule has 0 aromatic heterocycles. The van der Waals surface area contributed by atoms with E-state index in [0.717, 1.165) is 12.1 Å². The fourth-order valence-electron chi connectivity index (χ4n) is 2.15. The van der Waals surface area contributed by atoms with Gasteiger partial charge in [-0.15, -0.1) is 0 Å². The summed E-state index contributed by atoms with van der Waals surface area (Å²) in [4.78, 5) is 26.3. The molecular weight excluding hydrogens is 278 g/mol. The van der Waals surface area contributed by atoms with Crippen LogP contribution in [-0.4, -0.2) is 49.9 Å². The molecule has 0 aliphatic carbocycles. The van der Waals surface area contributed by atoms with Crippen LogP contribution in [0.25, 0.3) is 0 Å². The lowest BCUT2D eigenvalue weighted by molar-refractivity contribution is -0.136. The standard InChI is InChI=1S/C17H27N3O2/c1-13(2)16(17(22)20(4)11-10-18-3)19-15(21)12-14-8-6-5-7-9-14/h5-9,13,16,18H,10-12H2,1-4H3,(H,19,21). The minimum atomic E-state index is -0.488. The summed E-state index contributed by atoms with van der Waals surface area (Å²) < 4.78 is 0. The summed E-state index contributed by atoms with van der Waals surface area (Å²) in [7, 11) is 3.61. The van der Waals surface area contributed by atoms with Crippen LogP contribution < -0.4 is 10.6 Å². The van der Waals surface area contributed by atoms with Crippen LogP contribution in [0.15, 0.2) is 30.3 Å². The molecule has 0 heterocycles. The highest BCUT2D eigenvalue weighted by atomic mass is 16.2. The number of carbonyl (C=O) groups excluding carboxylic acids is 2. The van der Waals surface area contributed by atoms with Crippen LogP contribution in [0.1, 0.15) is 19.4 Å². The predicted molar refractivity (Wildman–Crippen MR) is 88.5 cm³/mol. The fraction of sp³-hybridized carbons (Fsp3) is 0.529. The highest BCUT2D eigenvalue weighted by Crippen LogP contribution is 2.07. The smallest absolute Gasteiger partial charge is 0.245 e. The molecule has 122 valence electrons. The lowest BCUT2D eigenvalue weighted by Crippen LogP contribution is -2.51. The number of rotatable bonds is 8. The second kappa shape index (κ2) is 9.20. The molecule has 1 rings (SSSR count). The van der Waals surface area contributed by atoms with Crippen molar-refractivity contribution in [3.05, 3.63) is 35.9 Å². The number of amides is 2. The van der Waals surface area contributed by atoms with Crippen molar-refractivity contribution >= 4 is 11.8 Å². The Balaban J connectivity index is 2.63. The molecule has 0 radical (unpaired) electrons. The van der Waals surface area contributed by atoms with Crippen molar-refractivity contribution in [2.45, 2.75) is 26.3 Å². The number of nitrogens with one attached hydrogen (secondary N) is 2. The van der Waals surface area contributed by atoms with Gasteiger partial charge in [0, 0.05) is 20.1 Å². The van der Waals surface area contributed by atoms with Gasteiger partial charge >= 0.3 is 0 Å². The molecule has 0 saturated carbocycles. The summed E-state index contributed by atoms with van der Waals surface area (Å²) in [6, 6.07) is 9.05. The van der Waals surface area contributed by atoms with Gasteiger partial charge in [0.25, 0.3) is 0 Å². The number of carbonyl (C=O) groups is 2. The van der Waals surface area contributed by atoms with E-state index in [4.69, 9.17) is 0 Å². The predicted octanol–water partition coefficient (Wildman–Crippen LogP) is 1.05. The molecule has 0 bridgehead atoms. The zero-order valence-electron chi connectivity index (χ0n) is 13.9. The second-order valence-corrected chi connectivity index (χ2v) is 5.81. The van der Waals surface area contributed by atoms with Crippen LogP contribution in [-0.2, 0) is 16.0 Å². The summed E-state index contributed by atoms with van der Waals surface area (Å²) in [5.74, 6) is -0.129. The third-order valence-electron chi connectivity index (χ3n) is 3.53. The lowest BCUT2D eigenvalue weighted by atomic mass is 10.0. The Morgan fingerprint density at radius 2 is 1.82 bits per heavy atom. The molecule has 2 amide bonds. The number of likely N-dealkylation sites (N-methyl/N-ethyl adjacent to an activating group) is 2. The molecule has 5 heteroatoms. The minimum Gasteiger partial charge on any atom is -0.344 e. The molecule has 0 saturated heterocycles. The van der Waals surface area contributed by atoms with E-state index in [9.17, 15) is 9.59 Å². The van der Waals surface area contributed by atoms with E-state index in [1.165, 1.54) is 0 Å². The third kappa shape index (κ3) is 5.85. The molecule has 5 nitrogen and oxygen atoms in total. The van der Waals surface area contributed by atoms with Crippen LogP contribution in [0.5, 0.6) is 0 Å². The van der Waals surface area contributed by atoms with Crippen molar-refractivity contribution in [1.29, 1.82) is 0 Å². The van der Waals surface area contributed by atoms with Crippen LogP contribution in [0, 0.1) is 5.92 Å². The maximum Gasteiger partial charge on any atom is 0.245 e. The van der Waals surface area contributed by atoms with Gasteiger partial charge in [0.2, 0.25) is 11.8 Å². The maximum absolute atomic E-state index is 12.5. The van der Waals surface area contributed by atoms with E-state index in [-0.39, 0.29) is 24.2 Å². The monoisotopic (exact) mass is 305 g/mol. The van der Waals surface area contributed by atoms with Gasteiger partial charge in [-0.05, 0) is 18.5 Å². The summed E-state index contributed by atoms with van der Waals surface area (Å²) in [6.45, 7) is 5.23. The first-order valence-electron chi connectivity index (χ1n) is 7.68. The zero-order valence-corrected chi connectivity index (χ0v) is 13.9. The SMILES string of the molecule is CNCCN(C)C(=O)C(NC(=O)Cc1ccccc1)C(C)C. The molecular formula is C17H27N3O2. The Morgan fingerprint density at radius 1 is 1.18 bits per heavy atom. The molecule has 0 aliphatic heterocycles. The van der Waals surface area contributed by atoms with E-state index in [2.05, 4.69) is 10.6 Å². The Bertz CT molecular complexity index is 474. The van der Waals surface area contributed by atoms with Crippen molar-refractivity contribution in [3.8, 4) is 0 Å². The quantitative estimate of drug-likeness (QED) is 0.754. The number of hydrogen-bond donors (Lipinski definition) is 2. The summed E-state index contributed by atoms with van der Waals surface area (Å²) in [6.07, 6.45) is 0.289. The number of benzene rings is 1. The second-order valence-electron chi connectivity index (χ2n) is 5.81. The van der Waals surface area contributed by atoms with Gasteiger partial charge in [-0.1, -0.05) is 44.2 Å². The third-order valence-corrected chi connectivity index (χ3v) is 3.53. The Labute approximate surface area is 133 Å². The van der Waals surface area contributed by atoms with Crippen LogP contribution in [0.2, 0.25) is 0 Å². The molecule has 2 N–H and O–H groups in total. The van der Waals surface area contributed by atoms with Gasteiger partial charge in [0.05, 0.1) is 6.42 Å². The van der Waals surface area contributed by atoms with Gasteiger partial charge in [0.1, 0.15) is 6.04 Å². The molecule has 0 spiro atoms. The first-order valence-corrected chi connectivity index (χ1v) is 7.68. The largest absolute Gasteiger partial charge is 0.344 e. The van der Waals surface area contributed by atoms with Crippen LogP contribution >= 0.6 is 0 Å². The molecule has 1 atom stereocenters. The zero-order chi connectivity index (χ0) is 16.5. The van der Waals surface area contributed by atoms with E-state index < -0.39 is 6.04 Å². The van der Waals surface area contributed by atoms with Crippen molar-refractivity contribution in [2.24, 2.45) is 5.92 Å². The average Bonchev–Trinajstić information content (AvgIpc) is 2.50. The van der Waals surface area contributed by atoms with E-state index in [0.29, 0.717) is 6.54 Å². The van der Waals surface area contributed by atoms with Gasteiger partial charge in [-0.2, -0.15) is 0 Å². The molecule has 1 aromatic rings. The van der Waals surface area contributed by atoms with Crippen LogP contribution in [0.4, 0.5) is 0 Å². The van der Waals surface area contributed by atoms with E-state index in [1.54, 1.807) is 11.9 Å². The van der Waals surface area contributed by atoms with Gasteiger partial charge < -0.3 is 15.5 Å². The lowest BCUT2D eigenvalue weighted by Gasteiger charge is -2.27. The maximum atomic E-state index is 12.5. The Hall–Kier alpha value is -1.88. The highest BCUT2D eigenvalue weighted by Gasteiger charge is 2.26. The number of nitrogens with zero attached hydrogens (tertiary/aromatic N) is 1. The summed E-state index contributed by atoms with van der Waals surface area (Å²) in [5.41, 5.74) is 0.943. The summed E-state index contributed by atoms with van der Waals surface area (Å²) >= 11 is 0. The fourth-order valence-corrected chi connectivity index (χ4v) is 2.15. The average molecular weight is 305 g/mol. The molecule has 0 fully saturated rings. The van der Waals surface area contributed by atoms with E-state index >= 15 is 0 Å². The first kappa shape index (κ1) is 18.2. The molecule has 0 aliphatic rings. The van der Waals surface area contributed by atoms with Crippen LogP contribution in [0.3, 0.4) is 0 Å². The van der Waals surface area contributed by atoms with Gasteiger partial charge in [-0.3, -0.25) is 9.59 Å². The molecule has 22 heavy (non-hydrogen) atoms. The summed E-state index contributed by atoms with van der Waals surface area (Å²) in [5, 5.41) is 5.89. The Morgan fingerprint density at radius 3 is 2.36 bits per heavy atom. The van der Waals surface area contributed by atoms with E-state index in [1.807, 2.05) is 51.2 Å². The topological polar surface area (TPSA) is 61.4 Å². The van der Waals surface area contributed by atoms with Gasteiger partial charge in [-0.25, -0.2) is 0 Å². The normalized spacial score (nSPS) is 12.0. The van der Waals surface area contributed by atoms with Crippen molar-refractivity contribution in [3.63, 3.8) is 0 Å². The van der Waals surface area contributed by atoms with Crippen molar-refractivity contribution in [2.75, 3.05) is 27.2 Å². The first-order chi connectivity index (χ1) is 10.5. The number of hydrogen-bond acceptors (Lipinski definition) is 3. The van der Waals surface area contributed by atoms with Gasteiger partial charge in [0.15, 0.2) is 0 Å². The minimum absolute atomic E-state index is 0.0456. The molecule has 1 unspecified atom stereocenters.